The summed E-state index contributed by atoms with van der Waals surface area (Å²) >= 11 is 0. The molecule has 0 unspecified atom stereocenters. The first-order chi connectivity index (χ1) is 17.7. The molecule has 3 aromatic rings. The fraction of sp³-hybridized carbons (Fsp3) is 0.333. The minimum Gasteiger partial charge on any atom is -0.497 e. The third-order valence-electron chi connectivity index (χ3n) is 7.23. The van der Waals surface area contributed by atoms with Crippen LogP contribution in [-0.4, -0.2) is 39.1 Å². The summed E-state index contributed by atoms with van der Waals surface area (Å²) in [5, 5.41) is 6.00. The molecule has 2 aliphatic rings. The molecule has 3 N–H and O–H groups in total. The van der Waals surface area contributed by atoms with Crippen molar-refractivity contribution < 1.29 is 27.5 Å². The molecule has 1 aliphatic carbocycles. The van der Waals surface area contributed by atoms with E-state index in [0.29, 0.717) is 17.2 Å². The number of hydrogen-bond donors (Lipinski definition) is 2. The van der Waals surface area contributed by atoms with Gasteiger partial charge < -0.3 is 14.0 Å². The Bertz CT molecular complexity index is 1550. The molecule has 1 fully saturated rings. The van der Waals surface area contributed by atoms with Crippen LogP contribution in [0.5, 0.6) is 5.75 Å². The molecular formula is C27H29N3O6S. The molecule has 194 valence electrons. The average molecular weight is 524 g/mol. The highest BCUT2D eigenvalue weighted by molar-refractivity contribution is 7.87. The first kappa shape index (κ1) is 25.0. The quantitative estimate of drug-likeness (QED) is 0.489. The fourth-order valence-corrected chi connectivity index (χ4v) is 6.00. The summed E-state index contributed by atoms with van der Waals surface area (Å²) in [7, 11) is -1.27. The lowest BCUT2D eigenvalue weighted by Gasteiger charge is -2.24. The van der Waals surface area contributed by atoms with Gasteiger partial charge in [-0.15, -0.1) is 0 Å². The zero-order valence-corrected chi connectivity index (χ0v) is 21.6. The van der Waals surface area contributed by atoms with Crippen molar-refractivity contribution in [2.75, 3.05) is 14.2 Å². The predicted molar refractivity (Wildman–Crippen MR) is 140 cm³/mol. The number of esters is 1. The normalized spacial score (nSPS) is 15.8. The first-order valence-corrected chi connectivity index (χ1v) is 13.7. The number of carbonyl (C=O) groups is 2. The molecule has 0 radical (unpaired) electrons. The summed E-state index contributed by atoms with van der Waals surface area (Å²) in [5.74, 6) is -0.288. The van der Waals surface area contributed by atoms with Crippen molar-refractivity contribution in [3.63, 3.8) is 0 Å². The van der Waals surface area contributed by atoms with Gasteiger partial charge in [-0.1, -0.05) is 25.3 Å². The van der Waals surface area contributed by atoms with Gasteiger partial charge in [0.25, 0.3) is 16.1 Å². The molecule has 0 spiro atoms. The lowest BCUT2D eigenvalue weighted by atomic mass is 9.81. The highest BCUT2D eigenvalue weighted by Gasteiger charge is 2.30. The number of amides is 1. The van der Waals surface area contributed by atoms with Gasteiger partial charge in [-0.05, 0) is 66.3 Å². The Morgan fingerprint density at radius 2 is 1.81 bits per heavy atom. The van der Waals surface area contributed by atoms with Gasteiger partial charge in [-0.25, -0.2) is 14.7 Å². The number of carbonyl (C=O) groups excluding carboxylic acids is 2. The molecule has 0 bridgehead atoms. The molecule has 0 atom stereocenters. The zero-order chi connectivity index (χ0) is 26.3. The van der Waals surface area contributed by atoms with Crippen molar-refractivity contribution in [1.29, 1.82) is 0 Å². The van der Waals surface area contributed by atoms with Crippen LogP contribution in [0.1, 0.15) is 59.5 Å². The Hall–Kier alpha value is -3.63. The van der Waals surface area contributed by atoms with Gasteiger partial charge in [0, 0.05) is 22.0 Å². The minimum absolute atomic E-state index is 0.153. The Balaban J connectivity index is 1.81. The number of aromatic nitrogens is 1. The van der Waals surface area contributed by atoms with E-state index < -0.39 is 22.1 Å². The van der Waals surface area contributed by atoms with Crippen LogP contribution in [0.2, 0.25) is 0 Å². The van der Waals surface area contributed by atoms with Gasteiger partial charge >= 0.3 is 5.97 Å². The van der Waals surface area contributed by atoms with Crippen LogP contribution in [-0.2, 0) is 26.3 Å². The van der Waals surface area contributed by atoms with Crippen LogP contribution < -0.4 is 14.6 Å². The van der Waals surface area contributed by atoms with E-state index in [-0.39, 0.29) is 12.1 Å². The van der Waals surface area contributed by atoms with Crippen LogP contribution in [0.4, 0.5) is 0 Å². The van der Waals surface area contributed by atoms with E-state index in [1.54, 1.807) is 19.2 Å². The van der Waals surface area contributed by atoms with Gasteiger partial charge in [-0.3, -0.25) is 4.79 Å². The SMILES string of the molecule is COC(=O)C1=Cc2cc(OC)ccc2-c2c(C3CCCCC3)c3ccc(C(=O)NS(N)(=O)=O)cc3n2C1. The van der Waals surface area contributed by atoms with Crippen LogP contribution >= 0.6 is 0 Å². The topological polar surface area (TPSA) is 130 Å². The third kappa shape index (κ3) is 4.74. The number of methoxy groups -OCH3 is 2. The number of nitrogens with two attached hydrogens (primary N) is 1. The van der Waals surface area contributed by atoms with Gasteiger partial charge in [-0.2, -0.15) is 8.42 Å². The van der Waals surface area contributed by atoms with Crippen molar-refractivity contribution in [3.8, 4) is 17.0 Å². The maximum absolute atomic E-state index is 12.8. The molecule has 1 saturated carbocycles. The lowest BCUT2D eigenvalue weighted by Crippen LogP contribution is -2.35. The molecular weight excluding hydrogens is 494 g/mol. The zero-order valence-electron chi connectivity index (χ0n) is 20.7. The molecule has 0 saturated heterocycles. The van der Waals surface area contributed by atoms with E-state index in [9.17, 15) is 18.0 Å². The number of nitrogens with one attached hydrogen (secondary N) is 1. The molecule has 2 heterocycles. The third-order valence-corrected chi connectivity index (χ3v) is 7.70. The van der Waals surface area contributed by atoms with Crippen molar-refractivity contribution in [1.82, 2.24) is 9.29 Å². The highest BCUT2D eigenvalue weighted by atomic mass is 32.2. The Labute approximate surface area is 215 Å². The smallest absolute Gasteiger partial charge is 0.335 e. The van der Waals surface area contributed by atoms with Gasteiger partial charge in [0.05, 0.1) is 32.0 Å². The van der Waals surface area contributed by atoms with Crippen molar-refractivity contribution in [2.45, 2.75) is 44.6 Å². The van der Waals surface area contributed by atoms with E-state index in [1.165, 1.54) is 19.1 Å². The maximum atomic E-state index is 12.8. The van der Waals surface area contributed by atoms with Crippen molar-refractivity contribution >= 4 is 39.1 Å². The van der Waals surface area contributed by atoms with E-state index in [2.05, 4.69) is 0 Å². The number of hydrogen-bond acceptors (Lipinski definition) is 6. The van der Waals surface area contributed by atoms with Gasteiger partial charge in [0.2, 0.25) is 0 Å². The molecule has 5 rings (SSSR count). The largest absolute Gasteiger partial charge is 0.497 e. The summed E-state index contributed by atoms with van der Waals surface area (Å²) in [4.78, 5) is 25.4. The summed E-state index contributed by atoms with van der Waals surface area (Å²) < 4.78 is 37.4. The molecule has 1 aromatic heterocycles. The number of ether oxygens (including phenoxy) is 2. The predicted octanol–water partition coefficient (Wildman–Crippen LogP) is 3.87. The number of benzene rings is 2. The number of nitrogens with zero attached hydrogens (tertiary/aromatic N) is 1. The van der Waals surface area contributed by atoms with Crippen molar-refractivity contribution in [3.05, 3.63) is 58.7 Å². The Kier molecular flexibility index (Phi) is 6.55. The Morgan fingerprint density at radius 1 is 1.05 bits per heavy atom. The monoisotopic (exact) mass is 523 g/mol. The maximum Gasteiger partial charge on any atom is 0.335 e. The summed E-state index contributed by atoms with van der Waals surface area (Å²) in [6, 6.07) is 10.9. The molecule has 1 aliphatic heterocycles. The molecule has 37 heavy (non-hydrogen) atoms. The lowest BCUT2D eigenvalue weighted by molar-refractivity contribution is -0.136. The van der Waals surface area contributed by atoms with E-state index >= 15 is 0 Å². The standard InChI is InChI=1S/C27H29N3O6S/c1-35-20-9-11-21-18(13-20)12-19(27(32)36-2)15-30-23-14-17(26(31)29-37(28,33)34)8-10-22(23)24(25(21)30)16-6-4-3-5-7-16/h8-14,16H,3-7,15H2,1-2H3,(H,29,31)(H2,28,33,34). The second-order valence-corrected chi connectivity index (χ2v) is 10.8. The van der Waals surface area contributed by atoms with Gasteiger partial charge in [0.1, 0.15) is 5.75 Å². The van der Waals surface area contributed by atoms with E-state index in [0.717, 1.165) is 53.4 Å². The number of fused-ring (bicyclic) bond motifs is 5. The van der Waals surface area contributed by atoms with E-state index in [1.807, 2.05) is 39.6 Å². The first-order valence-electron chi connectivity index (χ1n) is 12.2. The van der Waals surface area contributed by atoms with Crippen LogP contribution in [0.3, 0.4) is 0 Å². The fourth-order valence-electron chi connectivity index (χ4n) is 5.63. The van der Waals surface area contributed by atoms with Crippen LogP contribution in [0.15, 0.2) is 42.0 Å². The van der Waals surface area contributed by atoms with Gasteiger partial charge in [0.15, 0.2) is 0 Å². The molecule has 2 aromatic carbocycles. The van der Waals surface area contributed by atoms with Crippen LogP contribution in [0, 0.1) is 0 Å². The minimum atomic E-state index is -4.22. The van der Waals surface area contributed by atoms with E-state index in [4.69, 9.17) is 14.6 Å². The molecule has 9 nitrogen and oxygen atoms in total. The summed E-state index contributed by atoms with van der Waals surface area (Å²) in [5.41, 5.74) is 5.29. The molecule has 1 amide bonds. The average Bonchev–Trinajstić information content (AvgIpc) is 3.09. The summed E-state index contributed by atoms with van der Waals surface area (Å²) in [6.45, 7) is 0.225. The van der Waals surface area contributed by atoms with Crippen molar-refractivity contribution in [2.24, 2.45) is 5.14 Å². The second-order valence-electron chi connectivity index (χ2n) is 9.51. The molecule has 10 heteroatoms. The second kappa shape index (κ2) is 9.68. The number of rotatable bonds is 5. The summed E-state index contributed by atoms with van der Waals surface area (Å²) in [6.07, 6.45) is 7.37. The Morgan fingerprint density at radius 3 is 2.49 bits per heavy atom. The van der Waals surface area contributed by atoms with Crippen LogP contribution in [0.25, 0.3) is 28.2 Å². The highest BCUT2D eigenvalue weighted by Crippen LogP contribution is 2.47.